The van der Waals surface area contributed by atoms with Crippen LogP contribution >= 0.6 is 36.4 Å². The molecule has 0 unspecified atom stereocenters. The maximum Gasteiger partial charge on any atom is 0.417 e. The van der Waals surface area contributed by atoms with Crippen molar-refractivity contribution in [1.29, 1.82) is 0 Å². The lowest BCUT2D eigenvalue weighted by Gasteiger charge is -2.11. The zero-order valence-electron chi connectivity index (χ0n) is 17.2. The van der Waals surface area contributed by atoms with Crippen LogP contribution in [-0.2, 0) is 6.18 Å². The number of benzene rings is 3. The van der Waals surface area contributed by atoms with Gasteiger partial charge in [-0.1, -0.05) is 17.7 Å². The fraction of sp³-hybridized carbons (Fsp3) is 0.0476. The van der Waals surface area contributed by atoms with Crippen LogP contribution in [0, 0.1) is 0 Å². The maximum atomic E-state index is 13.0. The summed E-state index contributed by atoms with van der Waals surface area (Å²) in [5, 5.41) is 2.39. The summed E-state index contributed by atoms with van der Waals surface area (Å²) in [5.41, 5.74) is 16.6. The van der Waals surface area contributed by atoms with Crippen LogP contribution in [-0.4, -0.2) is 11.9 Å². The number of alkyl halides is 3. The van der Waals surface area contributed by atoms with Crippen molar-refractivity contribution in [2.24, 2.45) is 27.2 Å². The second-order valence-electron chi connectivity index (χ2n) is 6.44. The van der Waals surface area contributed by atoms with Crippen molar-refractivity contribution in [3.63, 3.8) is 0 Å². The Morgan fingerprint density at radius 3 is 2.09 bits per heavy atom. The number of ether oxygens (including phenoxy) is 1. The first-order chi connectivity index (χ1) is 15.1. The van der Waals surface area contributed by atoms with Gasteiger partial charge in [-0.15, -0.1) is 24.8 Å². The van der Waals surface area contributed by atoms with E-state index in [0.29, 0.717) is 22.9 Å². The molecule has 0 saturated heterocycles. The minimum Gasteiger partial charge on any atom is -0.457 e. The Kier molecular flexibility index (Phi) is 10.3. The molecule has 0 amide bonds. The molecule has 0 fully saturated rings. The molecule has 13 heteroatoms. The van der Waals surface area contributed by atoms with E-state index in [0.717, 1.165) is 12.1 Å². The average Bonchev–Trinajstić information content (AvgIpc) is 2.70. The van der Waals surface area contributed by atoms with Gasteiger partial charge in [0.1, 0.15) is 11.5 Å². The fourth-order valence-corrected chi connectivity index (χ4v) is 2.85. The van der Waals surface area contributed by atoms with E-state index in [4.69, 9.17) is 33.5 Å². The summed E-state index contributed by atoms with van der Waals surface area (Å²) < 4.78 is 44.8. The molecule has 3 aromatic carbocycles. The molecule has 0 aliphatic rings. The highest BCUT2D eigenvalue weighted by Gasteiger charge is 2.33. The second-order valence-corrected chi connectivity index (χ2v) is 6.85. The monoisotopic (exact) mass is 534 g/mol. The van der Waals surface area contributed by atoms with Crippen molar-refractivity contribution in [3.05, 3.63) is 77.3 Å². The van der Waals surface area contributed by atoms with Crippen molar-refractivity contribution in [2.45, 2.75) is 6.18 Å². The Labute approximate surface area is 210 Å². The van der Waals surface area contributed by atoms with Crippen LogP contribution in [0.1, 0.15) is 5.56 Å². The molecule has 7 nitrogen and oxygen atoms in total. The molecule has 0 radical (unpaired) electrons. The zero-order valence-corrected chi connectivity index (χ0v) is 19.6. The Morgan fingerprint density at radius 2 is 1.47 bits per heavy atom. The first-order valence-corrected chi connectivity index (χ1v) is 9.43. The Bertz CT molecular complexity index is 1170. The van der Waals surface area contributed by atoms with Gasteiger partial charge in [0.2, 0.25) is 0 Å². The van der Waals surface area contributed by atoms with Crippen molar-refractivity contribution in [3.8, 4) is 11.5 Å². The number of halogens is 6. The van der Waals surface area contributed by atoms with Gasteiger partial charge in [0.25, 0.3) is 0 Å². The van der Waals surface area contributed by atoms with Gasteiger partial charge in [-0.25, -0.2) is 9.98 Å². The van der Waals surface area contributed by atoms with Crippen molar-refractivity contribution in [1.82, 2.24) is 0 Å². The van der Waals surface area contributed by atoms with Crippen LogP contribution in [0.15, 0.2) is 76.7 Å². The van der Waals surface area contributed by atoms with Gasteiger partial charge in [0.05, 0.1) is 22.0 Å². The van der Waals surface area contributed by atoms with E-state index in [1.807, 2.05) is 0 Å². The maximum absolute atomic E-state index is 13.0. The molecule has 3 aromatic rings. The summed E-state index contributed by atoms with van der Waals surface area (Å²) in [6, 6.07) is 16.8. The number of hydrogen-bond acceptors (Lipinski definition) is 3. The van der Waals surface area contributed by atoms with E-state index in [2.05, 4.69) is 15.3 Å². The molecule has 0 spiro atoms. The standard InChI is InChI=1S/C21H18ClF3N6O.2ClH/c22-18-9-6-14(11-17(18)21(23,24)25)31-20(28)30-13-2-1-3-16(10-13)32-15-7-4-12(5-8-15)29-19(26)27;;/h1-11H,(H4,26,27,29)(H3,28,30,31);2*1H. The van der Waals surface area contributed by atoms with Gasteiger partial charge >= 0.3 is 6.18 Å². The number of guanidine groups is 2. The van der Waals surface area contributed by atoms with Gasteiger partial charge in [0.15, 0.2) is 11.9 Å². The van der Waals surface area contributed by atoms with Gasteiger partial charge in [-0.05, 0) is 54.6 Å². The van der Waals surface area contributed by atoms with Crippen LogP contribution in [0.4, 0.5) is 30.2 Å². The van der Waals surface area contributed by atoms with Crippen molar-refractivity contribution < 1.29 is 17.9 Å². The molecule has 0 bridgehead atoms. The minimum atomic E-state index is -4.60. The summed E-state index contributed by atoms with van der Waals surface area (Å²) in [6.07, 6.45) is -4.60. The highest BCUT2D eigenvalue weighted by Crippen LogP contribution is 2.36. The van der Waals surface area contributed by atoms with Gasteiger partial charge in [-0.3, -0.25) is 0 Å². The smallest absolute Gasteiger partial charge is 0.417 e. The van der Waals surface area contributed by atoms with E-state index in [1.165, 1.54) is 6.07 Å². The summed E-state index contributed by atoms with van der Waals surface area (Å²) in [4.78, 5) is 7.89. The van der Waals surface area contributed by atoms with Crippen LogP contribution in [0.2, 0.25) is 5.02 Å². The summed E-state index contributed by atoms with van der Waals surface area (Å²) in [5.74, 6) is 0.867. The van der Waals surface area contributed by atoms with Gasteiger partial charge in [0, 0.05) is 11.8 Å². The summed E-state index contributed by atoms with van der Waals surface area (Å²) in [6.45, 7) is 0. The van der Waals surface area contributed by atoms with Crippen LogP contribution in [0.25, 0.3) is 0 Å². The molecule has 7 N–H and O–H groups in total. The lowest BCUT2D eigenvalue weighted by atomic mass is 10.2. The van der Waals surface area contributed by atoms with E-state index in [1.54, 1.807) is 48.5 Å². The summed E-state index contributed by atoms with van der Waals surface area (Å²) in [7, 11) is 0. The lowest BCUT2D eigenvalue weighted by molar-refractivity contribution is -0.137. The average molecular weight is 536 g/mol. The van der Waals surface area contributed by atoms with E-state index in [-0.39, 0.29) is 42.4 Å². The SMILES string of the molecule is Cl.Cl.NC(N)=Nc1ccc(Oc2cccc(NC(N)=Nc3ccc(Cl)c(C(F)(F)F)c3)c2)cc1. The normalized spacial score (nSPS) is 11.0. The third-order valence-corrected chi connectivity index (χ3v) is 4.27. The molecule has 182 valence electrons. The first kappa shape index (κ1) is 28.7. The fourth-order valence-electron chi connectivity index (χ4n) is 2.63. The Balaban J connectivity index is 0.00000289. The third kappa shape index (κ3) is 8.22. The Hall–Kier alpha value is -3.34. The highest BCUT2D eigenvalue weighted by atomic mass is 35.5. The largest absolute Gasteiger partial charge is 0.457 e. The number of rotatable bonds is 5. The topological polar surface area (TPSA) is 124 Å². The van der Waals surface area contributed by atoms with Crippen molar-refractivity contribution in [2.75, 3.05) is 5.32 Å². The van der Waals surface area contributed by atoms with E-state index in [9.17, 15) is 13.2 Å². The van der Waals surface area contributed by atoms with E-state index >= 15 is 0 Å². The second kappa shape index (κ2) is 12.2. The molecule has 0 saturated carbocycles. The number of hydrogen-bond donors (Lipinski definition) is 4. The number of nitrogens with one attached hydrogen (secondary N) is 1. The molecule has 0 aliphatic heterocycles. The summed E-state index contributed by atoms with van der Waals surface area (Å²) >= 11 is 5.62. The zero-order chi connectivity index (χ0) is 23.3. The molecule has 0 heterocycles. The molecular weight excluding hydrogens is 516 g/mol. The van der Waals surface area contributed by atoms with Crippen LogP contribution in [0.5, 0.6) is 11.5 Å². The van der Waals surface area contributed by atoms with Crippen LogP contribution < -0.4 is 27.3 Å². The molecule has 0 atom stereocenters. The highest BCUT2D eigenvalue weighted by molar-refractivity contribution is 6.31. The predicted octanol–water partition coefficient (Wildman–Crippen LogP) is 5.96. The van der Waals surface area contributed by atoms with Gasteiger partial charge in [-0.2, -0.15) is 13.2 Å². The lowest BCUT2D eigenvalue weighted by Crippen LogP contribution is -2.22. The first-order valence-electron chi connectivity index (χ1n) is 9.06. The molecule has 34 heavy (non-hydrogen) atoms. The molecule has 0 aromatic heterocycles. The number of aliphatic imine (C=N–C) groups is 2. The van der Waals surface area contributed by atoms with Crippen molar-refractivity contribution >= 4 is 65.4 Å². The third-order valence-electron chi connectivity index (χ3n) is 3.94. The van der Waals surface area contributed by atoms with E-state index < -0.39 is 16.8 Å². The quantitative estimate of drug-likeness (QED) is 0.237. The predicted molar refractivity (Wildman–Crippen MR) is 134 cm³/mol. The number of nitrogens with two attached hydrogens (primary N) is 3. The molecule has 0 aliphatic carbocycles. The number of nitrogens with zero attached hydrogens (tertiary/aromatic N) is 2. The minimum absolute atomic E-state index is 0. The Morgan fingerprint density at radius 1 is 0.824 bits per heavy atom. The van der Waals surface area contributed by atoms with Crippen LogP contribution in [0.3, 0.4) is 0 Å². The van der Waals surface area contributed by atoms with Gasteiger partial charge < -0.3 is 27.3 Å². The number of anilines is 1. The molecule has 3 rings (SSSR count). The molecular formula is C21H20Cl3F3N6O.